The second kappa shape index (κ2) is 10.5. The quantitative estimate of drug-likeness (QED) is 0.486. The molecule has 3 aliphatic heterocycles. The van der Waals surface area contributed by atoms with E-state index in [0.29, 0.717) is 37.4 Å². The van der Waals surface area contributed by atoms with Gasteiger partial charge >= 0.3 is 6.09 Å². The number of ether oxygens (including phenoxy) is 2. The first-order chi connectivity index (χ1) is 19.5. The molecule has 3 fully saturated rings. The predicted molar refractivity (Wildman–Crippen MR) is 144 cm³/mol. The number of nitrogens with one attached hydrogen (secondary N) is 1. The second-order valence-corrected chi connectivity index (χ2v) is 11.8. The van der Waals surface area contributed by atoms with E-state index < -0.39 is 29.7 Å². The van der Waals surface area contributed by atoms with Gasteiger partial charge in [-0.15, -0.1) is 0 Å². The maximum Gasteiger partial charge on any atom is 0.410 e. The van der Waals surface area contributed by atoms with Gasteiger partial charge in [0.2, 0.25) is 0 Å². The molecule has 3 aromatic heterocycles. The number of nitrogens with zero attached hydrogens (tertiary/aromatic N) is 7. The summed E-state index contributed by atoms with van der Waals surface area (Å²) in [5.41, 5.74) is -0.682. The number of piperidine rings is 1. The summed E-state index contributed by atoms with van der Waals surface area (Å²) < 4.78 is 42.2. The molecule has 220 valence electrons. The number of morpholine rings is 1. The van der Waals surface area contributed by atoms with Crippen LogP contribution in [0.2, 0.25) is 0 Å². The van der Waals surface area contributed by atoms with Gasteiger partial charge in [0.1, 0.15) is 17.0 Å². The number of amides is 2. The van der Waals surface area contributed by atoms with E-state index in [1.807, 2.05) is 6.07 Å². The molecular weight excluding hydrogens is 538 g/mol. The fourth-order valence-corrected chi connectivity index (χ4v) is 5.68. The first-order valence-electron chi connectivity index (χ1n) is 14.0. The lowest BCUT2D eigenvalue weighted by molar-refractivity contribution is 0.0184. The molecule has 41 heavy (non-hydrogen) atoms. The highest BCUT2D eigenvalue weighted by Gasteiger charge is 2.35. The molecule has 6 rings (SSSR count). The van der Waals surface area contributed by atoms with Gasteiger partial charge in [-0.25, -0.2) is 23.1 Å². The first-order valence-corrected chi connectivity index (χ1v) is 14.0. The van der Waals surface area contributed by atoms with Crippen molar-refractivity contribution in [2.24, 2.45) is 0 Å². The van der Waals surface area contributed by atoms with Crippen LogP contribution in [0.4, 0.5) is 25.1 Å². The van der Waals surface area contributed by atoms with E-state index in [0.717, 1.165) is 25.9 Å². The molecular formula is C27H34F2N8O4. The lowest BCUT2D eigenvalue weighted by Gasteiger charge is -2.33. The van der Waals surface area contributed by atoms with Crippen LogP contribution in [0.5, 0.6) is 0 Å². The number of rotatable bonds is 5. The zero-order chi connectivity index (χ0) is 28.9. The van der Waals surface area contributed by atoms with Crippen molar-refractivity contribution < 1.29 is 27.8 Å². The number of halogens is 2. The van der Waals surface area contributed by atoms with Crippen LogP contribution in [-0.4, -0.2) is 85.3 Å². The number of alkyl halides is 2. The Hall–Kier alpha value is -3.81. The van der Waals surface area contributed by atoms with Gasteiger partial charge in [0, 0.05) is 38.6 Å². The average Bonchev–Trinajstić information content (AvgIpc) is 3.63. The molecule has 3 aromatic rings. The molecule has 2 amide bonds. The third-order valence-corrected chi connectivity index (χ3v) is 7.67. The summed E-state index contributed by atoms with van der Waals surface area (Å²) in [7, 11) is 0. The van der Waals surface area contributed by atoms with Crippen LogP contribution >= 0.6 is 0 Å². The highest BCUT2D eigenvalue weighted by atomic mass is 19.3. The van der Waals surface area contributed by atoms with Crippen LogP contribution in [0, 0.1) is 0 Å². The molecule has 0 aliphatic carbocycles. The predicted octanol–water partition coefficient (Wildman–Crippen LogP) is 4.06. The molecule has 0 aromatic carbocycles. The summed E-state index contributed by atoms with van der Waals surface area (Å²) in [5.74, 6) is 0.110. The van der Waals surface area contributed by atoms with Crippen molar-refractivity contribution >= 4 is 29.2 Å². The van der Waals surface area contributed by atoms with Crippen molar-refractivity contribution in [2.75, 3.05) is 36.4 Å². The highest BCUT2D eigenvalue weighted by molar-refractivity contribution is 6.08. The standard InChI is InChI=1S/C27H34F2N8O4/c1-27(2,3)41-26(39)34-9-6-16(7-10-34)37-15-20(22(33-37)23(28)29)31-25(38)19-12-30-36-11-8-21(32-24(19)36)35-13-17-4-5-18(14-35)40-17/h8,11-12,15-18,23H,4-7,9-10,13-14H2,1-3H3,(H,31,38). The summed E-state index contributed by atoms with van der Waals surface area (Å²) in [5, 5.41) is 11.0. The minimum atomic E-state index is -2.89. The molecule has 1 N–H and O–H groups in total. The van der Waals surface area contributed by atoms with Gasteiger partial charge in [0.05, 0.1) is 30.1 Å². The summed E-state index contributed by atoms with van der Waals surface area (Å²) in [4.78, 5) is 34.1. The SMILES string of the molecule is CC(C)(C)OC(=O)N1CCC(n2cc(NC(=O)c3cnn4ccc(N5CC6CCC(C5)O6)nc34)c(C(F)F)n2)CC1. The molecule has 0 saturated carbocycles. The van der Waals surface area contributed by atoms with Crippen LogP contribution < -0.4 is 10.2 Å². The third-order valence-electron chi connectivity index (χ3n) is 7.67. The van der Waals surface area contributed by atoms with Gasteiger partial charge in [-0.3, -0.25) is 9.48 Å². The summed E-state index contributed by atoms with van der Waals surface area (Å²) in [6.07, 6.45) is 4.67. The van der Waals surface area contributed by atoms with Crippen LogP contribution in [-0.2, 0) is 9.47 Å². The van der Waals surface area contributed by atoms with Crippen molar-refractivity contribution in [3.8, 4) is 0 Å². The molecule has 0 spiro atoms. The Bertz CT molecular complexity index is 1430. The van der Waals surface area contributed by atoms with Crippen molar-refractivity contribution in [2.45, 2.75) is 76.7 Å². The van der Waals surface area contributed by atoms with E-state index in [4.69, 9.17) is 14.5 Å². The number of carbonyl (C=O) groups is 2. The fourth-order valence-electron chi connectivity index (χ4n) is 5.68. The maximum absolute atomic E-state index is 14.0. The summed E-state index contributed by atoms with van der Waals surface area (Å²) >= 11 is 0. The Kier molecular flexibility index (Phi) is 7.04. The smallest absolute Gasteiger partial charge is 0.410 e. The largest absolute Gasteiger partial charge is 0.444 e. The fraction of sp³-hybridized carbons (Fsp3) is 0.593. The Balaban J connectivity index is 1.17. The van der Waals surface area contributed by atoms with Gasteiger partial charge in [-0.2, -0.15) is 10.2 Å². The lowest BCUT2D eigenvalue weighted by atomic mass is 10.1. The molecule has 2 unspecified atom stereocenters. The molecule has 3 aliphatic rings. The monoisotopic (exact) mass is 572 g/mol. The van der Waals surface area contributed by atoms with Gasteiger partial charge in [0.25, 0.3) is 12.3 Å². The van der Waals surface area contributed by atoms with E-state index >= 15 is 0 Å². The van der Waals surface area contributed by atoms with Crippen molar-refractivity contribution in [1.82, 2.24) is 29.3 Å². The van der Waals surface area contributed by atoms with Gasteiger partial charge < -0.3 is 24.6 Å². The zero-order valence-electron chi connectivity index (χ0n) is 23.3. The molecule has 3 saturated heterocycles. The molecule has 6 heterocycles. The number of anilines is 2. The maximum atomic E-state index is 14.0. The van der Waals surface area contributed by atoms with Crippen LogP contribution in [0.25, 0.3) is 5.65 Å². The Morgan fingerprint density at radius 3 is 2.49 bits per heavy atom. The van der Waals surface area contributed by atoms with E-state index in [9.17, 15) is 18.4 Å². The van der Waals surface area contributed by atoms with Crippen molar-refractivity contribution in [1.29, 1.82) is 0 Å². The highest BCUT2D eigenvalue weighted by Crippen LogP contribution is 2.32. The minimum absolute atomic E-state index is 0.0696. The van der Waals surface area contributed by atoms with Gasteiger partial charge in [0.15, 0.2) is 11.3 Å². The number of hydrogen-bond donors (Lipinski definition) is 1. The van der Waals surface area contributed by atoms with Crippen LogP contribution in [0.3, 0.4) is 0 Å². The normalized spacial score (nSPS) is 21.6. The second-order valence-electron chi connectivity index (χ2n) is 11.8. The van der Waals surface area contributed by atoms with Crippen molar-refractivity contribution in [3.63, 3.8) is 0 Å². The summed E-state index contributed by atoms with van der Waals surface area (Å²) in [6, 6.07) is 1.64. The molecule has 2 atom stereocenters. The Morgan fingerprint density at radius 2 is 1.83 bits per heavy atom. The Morgan fingerprint density at radius 1 is 1.12 bits per heavy atom. The van der Waals surface area contributed by atoms with Gasteiger partial charge in [-0.05, 0) is 52.5 Å². The first kappa shape index (κ1) is 27.4. The lowest BCUT2D eigenvalue weighted by Crippen LogP contribution is -2.43. The minimum Gasteiger partial charge on any atom is -0.444 e. The number of fused-ring (bicyclic) bond motifs is 3. The van der Waals surface area contributed by atoms with Gasteiger partial charge in [-0.1, -0.05) is 0 Å². The van der Waals surface area contributed by atoms with E-state index in [1.165, 1.54) is 21.6 Å². The number of carbonyl (C=O) groups excluding carboxylic acids is 2. The molecule has 2 bridgehead atoms. The average molecular weight is 573 g/mol. The zero-order valence-corrected chi connectivity index (χ0v) is 23.3. The van der Waals surface area contributed by atoms with Crippen molar-refractivity contribution in [3.05, 3.63) is 35.9 Å². The van der Waals surface area contributed by atoms with Crippen LogP contribution in [0.1, 0.15) is 75.0 Å². The number of aromatic nitrogens is 5. The van der Waals surface area contributed by atoms with E-state index in [-0.39, 0.29) is 29.5 Å². The number of likely N-dealkylation sites (tertiary alicyclic amines) is 1. The topological polar surface area (TPSA) is 119 Å². The van der Waals surface area contributed by atoms with E-state index in [1.54, 1.807) is 31.9 Å². The number of hydrogen-bond acceptors (Lipinski definition) is 8. The molecule has 14 heteroatoms. The van der Waals surface area contributed by atoms with E-state index in [2.05, 4.69) is 20.4 Å². The summed E-state index contributed by atoms with van der Waals surface area (Å²) in [6.45, 7) is 7.68. The third kappa shape index (κ3) is 5.69. The van der Waals surface area contributed by atoms with Crippen LogP contribution in [0.15, 0.2) is 24.7 Å². The molecule has 12 nitrogen and oxygen atoms in total. The molecule has 0 radical (unpaired) electrons. The Labute approximate surface area is 235 Å².